The van der Waals surface area contributed by atoms with E-state index in [1.165, 1.54) is 4.88 Å². The van der Waals surface area contributed by atoms with Gasteiger partial charge in [0.15, 0.2) is 9.84 Å². The SMILES string of the molecule is O=C1CN(CCc2cccs2)[C@H]2CS(=O)(=O)C[C@H]2N1c1cccc(Cl)c1. The summed E-state index contributed by atoms with van der Waals surface area (Å²) in [7, 11) is -3.17. The van der Waals surface area contributed by atoms with Crippen LogP contribution in [-0.2, 0) is 21.1 Å². The van der Waals surface area contributed by atoms with Crippen molar-refractivity contribution in [2.45, 2.75) is 18.5 Å². The molecule has 138 valence electrons. The maximum Gasteiger partial charge on any atom is 0.241 e. The van der Waals surface area contributed by atoms with Gasteiger partial charge in [-0.25, -0.2) is 8.42 Å². The first kappa shape index (κ1) is 18.0. The third-order valence-corrected chi connectivity index (χ3v) is 7.88. The van der Waals surface area contributed by atoms with Crippen molar-refractivity contribution >= 4 is 44.4 Å². The highest BCUT2D eigenvalue weighted by molar-refractivity contribution is 7.91. The number of rotatable bonds is 4. The van der Waals surface area contributed by atoms with Crippen LogP contribution in [0.25, 0.3) is 0 Å². The summed E-state index contributed by atoms with van der Waals surface area (Å²) < 4.78 is 24.7. The van der Waals surface area contributed by atoms with Crippen molar-refractivity contribution in [1.29, 1.82) is 0 Å². The molecule has 0 radical (unpaired) electrons. The van der Waals surface area contributed by atoms with Crippen molar-refractivity contribution in [3.05, 3.63) is 51.7 Å². The van der Waals surface area contributed by atoms with Crippen LogP contribution in [0.1, 0.15) is 4.88 Å². The van der Waals surface area contributed by atoms with Gasteiger partial charge in [0.2, 0.25) is 5.91 Å². The molecule has 1 amide bonds. The third kappa shape index (κ3) is 3.53. The van der Waals surface area contributed by atoms with E-state index in [4.69, 9.17) is 11.6 Å². The second-order valence-corrected chi connectivity index (χ2v) is 10.4. The van der Waals surface area contributed by atoms with Crippen LogP contribution in [0.2, 0.25) is 5.02 Å². The minimum absolute atomic E-state index is 0.00538. The predicted molar refractivity (Wildman–Crippen MR) is 105 cm³/mol. The molecular weight excluding hydrogens is 392 g/mol. The number of nitrogens with zero attached hydrogens (tertiary/aromatic N) is 2. The first-order chi connectivity index (χ1) is 12.4. The number of hydrogen-bond acceptors (Lipinski definition) is 5. The summed E-state index contributed by atoms with van der Waals surface area (Å²) in [6.45, 7) is 0.918. The minimum atomic E-state index is -3.17. The van der Waals surface area contributed by atoms with Crippen LogP contribution in [0.3, 0.4) is 0 Å². The highest BCUT2D eigenvalue weighted by atomic mass is 35.5. The van der Waals surface area contributed by atoms with Crippen molar-refractivity contribution in [3.63, 3.8) is 0 Å². The number of anilines is 1. The molecule has 2 aliphatic heterocycles. The lowest BCUT2D eigenvalue weighted by Crippen LogP contribution is -2.62. The normalized spacial score (nSPS) is 25.4. The maximum atomic E-state index is 12.9. The lowest BCUT2D eigenvalue weighted by atomic mass is 10.0. The topological polar surface area (TPSA) is 57.7 Å². The zero-order chi connectivity index (χ0) is 18.3. The number of carbonyl (C=O) groups is 1. The average molecular weight is 411 g/mol. The molecule has 3 heterocycles. The summed E-state index contributed by atoms with van der Waals surface area (Å²) in [6.07, 6.45) is 0.825. The Balaban J connectivity index is 1.61. The Morgan fingerprint density at radius 1 is 1.15 bits per heavy atom. The molecule has 2 aromatic rings. The number of amides is 1. The molecule has 4 rings (SSSR count). The summed E-state index contributed by atoms with van der Waals surface area (Å²) >= 11 is 7.76. The fourth-order valence-electron chi connectivity index (χ4n) is 3.87. The molecule has 2 aliphatic rings. The van der Waals surface area contributed by atoms with Crippen LogP contribution in [0.15, 0.2) is 41.8 Å². The van der Waals surface area contributed by atoms with E-state index < -0.39 is 9.84 Å². The molecule has 0 unspecified atom stereocenters. The quantitative estimate of drug-likeness (QED) is 0.776. The highest BCUT2D eigenvalue weighted by Gasteiger charge is 2.49. The molecule has 1 aromatic heterocycles. The van der Waals surface area contributed by atoms with Crippen LogP contribution in [-0.4, -0.2) is 55.9 Å². The Morgan fingerprint density at radius 2 is 1.96 bits per heavy atom. The lowest BCUT2D eigenvalue weighted by Gasteiger charge is -2.43. The van der Waals surface area contributed by atoms with Crippen molar-refractivity contribution < 1.29 is 13.2 Å². The first-order valence-electron chi connectivity index (χ1n) is 8.47. The summed E-state index contributed by atoms with van der Waals surface area (Å²) in [4.78, 5) is 17.8. The van der Waals surface area contributed by atoms with E-state index in [0.29, 0.717) is 17.3 Å². The molecule has 2 atom stereocenters. The molecular formula is C18H19ClN2O3S2. The zero-order valence-electron chi connectivity index (χ0n) is 14.0. The van der Waals surface area contributed by atoms with Gasteiger partial charge < -0.3 is 4.90 Å². The Kier molecular flexibility index (Phi) is 4.81. The molecule has 0 aliphatic carbocycles. The van der Waals surface area contributed by atoms with Crippen LogP contribution in [0.4, 0.5) is 5.69 Å². The largest absolute Gasteiger partial charge is 0.306 e. The van der Waals surface area contributed by atoms with Crippen LogP contribution >= 0.6 is 22.9 Å². The van der Waals surface area contributed by atoms with Crippen molar-refractivity contribution in [2.24, 2.45) is 0 Å². The predicted octanol–water partition coefficient (Wildman–Crippen LogP) is 2.46. The van der Waals surface area contributed by atoms with E-state index in [-0.39, 0.29) is 36.0 Å². The first-order valence-corrected chi connectivity index (χ1v) is 11.6. The van der Waals surface area contributed by atoms with E-state index in [2.05, 4.69) is 6.07 Å². The standard InChI is InChI=1S/C18H19ClN2O3S2/c19-13-3-1-4-14(9-13)21-17-12-26(23,24)11-16(17)20(10-18(21)22)7-6-15-5-2-8-25-15/h1-5,8-9,16-17H,6-7,10-12H2/t16-,17+/m0/s1. The molecule has 2 saturated heterocycles. The molecule has 0 spiro atoms. The number of carbonyl (C=O) groups excluding carboxylic acids is 1. The van der Waals surface area contributed by atoms with Gasteiger partial charge in [0, 0.05) is 28.2 Å². The second-order valence-electron chi connectivity index (χ2n) is 6.76. The number of piperazine rings is 1. The third-order valence-electron chi connectivity index (χ3n) is 5.01. The van der Waals surface area contributed by atoms with E-state index in [1.54, 1.807) is 34.4 Å². The van der Waals surface area contributed by atoms with Crippen LogP contribution in [0, 0.1) is 0 Å². The molecule has 8 heteroatoms. The van der Waals surface area contributed by atoms with E-state index >= 15 is 0 Å². The van der Waals surface area contributed by atoms with Gasteiger partial charge in [-0.2, -0.15) is 0 Å². The number of thiophene rings is 1. The summed E-state index contributed by atoms with van der Waals surface area (Å²) in [6, 6.07) is 10.6. The van der Waals surface area contributed by atoms with E-state index in [1.807, 2.05) is 22.4 Å². The number of benzene rings is 1. The molecule has 26 heavy (non-hydrogen) atoms. The van der Waals surface area contributed by atoms with Gasteiger partial charge >= 0.3 is 0 Å². The minimum Gasteiger partial charge on any atom is -0.306 e. The second kappa shape index (κ2) is 6.96. The smallest absolute Gasteiger partial charge is 0.241 e. The van der Waals surface area contributed by atoms with Gasteiger partial charge in [0.1, 0.15) is 0 Å². The Bertz CT molecular complexity index is 914. The lowest BCUT2D eigenvalue weighted by molar-refractivity contribution is -0.123. The van der Waals surface area contributed by atoms with Gasteiger partial charge in [-0.15, -0.1) is 11.3 Å². The van der Waals surface area contributed by atoms with Gasteiger partial charge in [-0.3, -0.25) is 9.69 Å². The maximum absolute atomic E-state index is 12.9. The van der Waals surface area contributed by atoms with Crippen molar-refractivity contribution in [1.82, 2.24) is 4.90 Å². The molecule has 0 saturated carbocycles. The number of halogens is 1. The van der Waals surface area contributed by atoms with Crippen molar-refractivity contribution in [3.8, 4) is 0 Å². The van der Waals surface area contributed by atoms with Crippen LogP contribution < -0.4 is 4.90 Å². The molecule has 0 N–H and O–H groups in total. The fourth-order valence-corrected chi connectivity index (χ4v) is 6.74. The molecule has 5 nitrogen and oxygen atoms in total. The number of fused-ring (bicyclic) bond motifs is 1. The van der Waals surface area contributed by atoms with Crippen molar-refractivity contribution in [2.75, 3.05) is 29.5 Å². The Morgan fingerprint density at radius 3 is 2.69 bits per heavy atom. The molecule has 1 aromatic carbocycles. The van der Waals surface area contributed by atoms with Gasteiger partial charge in [-0.05, 0) is 36.1 Å². The average Bonchev–Trinajstić information content (AvgIpc) is 3.19. The molecule has 0 bridgehead atoms. The van der Waals surface area contributed by atoms with Crippen LogP contribution in [0.5, 0.6) is 0 Å². The van der Waals surface area contributed by atoms with Gasteiger partial charge in [-0.1, -0.05) is 23.7 Å². The Labute approximate surface area is 162 Å². The fraction of sp³-hybridized carbons (Fsp3) is 0.389. The summed E-state index contributed by atoms with van der Waals surface area (Å²) in [5, 5.41) is 2.56. The van der Waals surface area contributed by atoms with Gasteiger partial charge in [0.05, 0.1) is 24.1 Å². The molecule has 2 fully saturated rings. The van der Waals surface area contributed by atoms with Gasteiger partial charge in [0.25, 0.3) is 0 Å². The highest BCUT2D eigenvalue weighted by Crippen LogP contribution is 2.32. The summed E-state index contributed by atoms with van der Waals surface area (Å²) in [5.41, 5.74) is 0.674. The van der Waals surface area contributed by atoms with E-state index in [0.717, 1.165) is 6.42 Å². The monoisotopic (exact) mass is 410 g/mol. The summed E-state index contributed by atoms with van der Waals surface area (Å²) in [5.74, 6) is 0.0366. The Hall–Kier alpha value is -1.41. The number of sulfone groups is 1. The zero-order valence-corrected chi connectivity index (χ0v) is 16.4. The van der Waals surface area contributed by atoms with E-state index in [9.17, 15) is 13.2 Å². The number of hydrogen-bond donors (Lipinski definition) is 0.